The van der Waals surface area contributed by atoms with E-state index in [0.29, 0.717) is 28.7 Å². The maximum Gasteiger partial charge on any atom is 0.338 e. The molecule has 3 aromatic carbocycles. The summed E-state index contributed by atoms with van der Waals surface area (Å²) in [5.74, 6) is -4.36. The Hall–Kier alpha value is -4.66. The zero-order chi connectivity index (χ0) is 48.4. The molecule has 2 bridgehead atoms. The molecular weight excluding hydrogens is 855 g/mol. The Morgan fingerprint density at radius 3 is 1.95 bits per heavy atom. The highest BCUT2D eigenvalue weighted by molar-refractivity contribution is 6.74. The molecule has 1 amide bonds. The van der Waals surface area contributed by atoms with Gasteiger partial charge in [0.1, 0.15) is 23.9 Å². The SMILES string of the molecule is CC(=O)O[C@@]12CO[C@@H]1C[C@H](C)[C@]1(C)[C@@H]2[C@H](OC(=O)c2ccccc2)[C@]2(O)C[C@H](OC(=O)C(O[Si](C)(C)C(C)(C)C)[C@@H](NC(=O)c3ccccc3)c3ccccc3)C(C)=C([C@H](C)[C@@H]1O)C2(C)C. The molecule has 0 spiro atoms. The summed E-state index contributed by atoms with van der Waals surface area (Å²) in [6.07, 6.45) is -5.45. The van der Waals surface area contributed by atoms with Crippen molar-refractivity contribution in [2.24, 2.45) is 28.6 Å². The van der Waals surface area contributed by atoms with Crippen molar-refractivity contribution >= 4 is 32.1 Å². The molecule has 2 saturated carbocycles. The number of esters is 3. The Balaban J connectivity index is 1.40. The highest BCUT2D eigenvalue weighted by atomic mass is 28.4. The fraction of sp³-hybridized carbons (Fsp3) is 0.547. The first-order chi connectivity index (χ1) is 30.8. The first-order valence-corrected chi connectivity index (χ1v) is 26.2. The van der Waals surface area contributed by atoms with Gasteiger partial charge in [-0.05, 0) is 72.8 Å². The third-order valence-electron chi connectivity index (χ3n) is 16.5. The van der Waals surface area contributed by atoms with E-state index in [0.717, 1.165) is 0 Å². The van der Waals surface area contributed by atoms with E-state index in [9.17, 15) is 24.6 Å². The van der Waals surface area contributed by atoms with Crippen LogP contribution in [-0.4, -0.2) is 90.7 Å². The molecule has 3 aromatic rings. The van der Waals surface area contributed by atoms with E-state index in [4.69, 9.17) is 23.4 Å². The highest BCUT2D eigenvalue weighted by Gasteiger charge is 2.77. The van der Waals surface area contributed by atoms with E-state index < -0.39 is 103 Å². The van der Waals surface area contributed by atoms with Crippen LogP contribution < -0.4 is 5.32 Å². The second kappa shape index (κ2) is 17.8. The average molecular weight is 924 g/mol. The number of carbonyl (C=O) groups is 4. The van der Waals surface area contributed by atoms with E-state index in [2.05, 4.69) is 26.1 Å². The van der Waals surface area contributed by atoms with Crippen molar-refractivity contribution < 1.29 is 52.8 Å². The number of fused-ring (bicyclic) bond motifs is 5. The van der Waals surface area contributed by atoms with Gasteiger partial charge in [0, 0.05) is 35.7 Å². The van der Waals surface area contributed by atoms with Crippen LogP contribution in [0.1, 0.15) is 114 Å². The van der Waals surface area contributed by atoms with Crippen molar-refractivity contribution in [2.75, 3.05) is 6.61 Å². The number of aliphatic hydroxyl groups is 2. The van der Waals surface area contributed by atoms with Crippen molar-refractivity contribution in [2.45, 2.75) is 148 Å². The third-order valence-corrected chi connectivity index (χ3v) is 20.9. The molecule has 66 heavy (non-hydrogen) atoms. The first kappa shape index (κ1) is 49.2. The van der Waals surface area contributed by atoms with Crippen LogP contribution >= 0.6 is 0 Å². The van der Waals surface area contributed by atoms with Crippen LogP contribution in [-0.2, 0) is 33.0 Å². The number of aliphatic hydroxyl groups excluding tert-OH is 1. The molecule has 3 N–H and O–H groups in total. The normalized spacial score (nSPS) is 32.4. The topological polar surface area (TPSA) is 167 Å². The fourth-order valence-electron chi connectivity index (χ4n) is 11.6. The summed E-state index contributed by atoms with van der Waals surface area (Å²) < 4.78 is 33.0. The molecule has 0 radical (unpaired) electrons. The zero-order valence-corrected chi connectivity index (χ0v) is 41.5. The second-order valence-corrected chi connectivity index (χ2v) is 26.3. The van der Waals surface area contributed by atoms with E-state index in [1.165, 1.54) is 6.92 Å². The maximum absolute atomic E-state index is 15.4. The molecule has 7 rings (SSSR count). The number of amides is 1. The largest absolute Gasteiger partial charge is 0.456 e. The lowest BCUT2D eigenvalue weighted by Crippen LogP contribution is -2.80. The summed E-state index contributed by atoms with van der Waals surface area (Å²) in [5, 5.41) is 29.8. The molecule has 13 heteroatoms. The van der Waals surface area contributed by atoms with Crippen LogP contribution in [0.4, 0.5) is 0 Å². The van der Waals surface area contributed by atoms with E-state index in [-0.39, 0.29) is 29.5 Å². The van der Waals surface area contributed by atoms with E-state index >= 15 is 4.79 Å². The number of benzene rings is 3. The number of hydrogen-bond donors (Lipinski definition) is 3. The molecule has 1 saturated heterocycles. The molecule has 4 aliphatic rings. The summed E-state index contributed by atoms with van der Waals surface area (Å²) in [7, 11) is -2.82. The Kier molecular flexibility index (Phi) is 13.3. The van der Waals surface area contributed by atoms with Gasteiger partial charge in [0.2, 0.25) is 0 Å². The monoisotopic (exact) mass is 923 g/mol. The molecular formula is C53H69NO11Si. The van der Waals surface area contributed by atoms with Crippen LogP contribution in [0.3, 0.4) is 0 Å². The summed E-state index contributed by atoms with van der Waals surface area (Å²) in [4.78, 5) is 57.1. The lowest BCUT2D eigenvalue weighted by Gasteiger charge is -2.69. The predicted octanol–water partition coefficient (Wildman–Crippen LogP) is 8.54. The molecule has 1 aliphatic heterocycles. The van der Waals surface area contributed by atoms with Gasteiger partial charge in [-0.2, -0.15) is 0 Å². The molecule has 1 heterocycles. The van der Waals surface area contributed by atoms with Gasteiger partial charge in [0.05, 0.1) is 30.2 Å². The second-order valence-electron chi connectivity index (χ2n) is 21.6. The third kappa shape index (κ3) is 8.26. The predicted molar refractivity (Wildman–Crippen MR) is 252 cm³/mol. The fourth-order valence-corrected chi connectivity index (χ4v) is 12.8. The van der Waals surface area contributed by atoms with Crippen molar-refractivity contribution in [3.8, 4) is 0 Å². The molecule has 3 fully saturated rings. The number of carbonyl (C=O) groups excluding carboxylic acids is 4. The maximum atomic E-state index is 15.4. The Bertz CT molecular complexity index is 2330. The Morgan fingerprint density at radius 2 is 1.42 bits per heavy atom. The van der Waals surface area contributed by atoms with Gasteiger partial charge < -0.3 is 38.9 Å². The van der Waals surface area contributed by atoms with Gasteiger partial charge in [0.15, 0.2) is 20.0 Å². The number of hydrogen-bond acceptors (Lipinski definition) is 11. The van der Waals surface area contributed by atoms with Crippen LogP contribution in [0.15, 0.2) is 102 Å². The standard InChI is InChI=1S/C53H69NO11Si/c1-31-28-39-52(30-61-39,64-34(4)55)43-45(63-47(58)37-26-20-15-21-27-37)53(60)29-38(32(2)40(50(53,8)9)33(3)44(56)51(31,43)10)62-48(59)42(65-66(11,12)49(5,6)7)41(35-22-16-13-17-23-35)54-46(57)36-24-18-14-19-25-36/h13-27,31,33,38-39,41-45,56,60H,28-30H2,1-12H3,(H,54,57)/t31-,33-,38-,39+,41-,42?,43-,44-,45-,51+,52-,53+/m0/s1. The molecule has 12 nitrogen and oxygen atoms in total. The summed E-state index contributed by atoms with van der Waals surface area (Å²) in [6, 6.07) is 25.4. The minimum Gasteiger partial charge on any atom is -0.456 e. The lowest BCUT2D eigenvalue weighted by atomic mass is 9.42. The molecule has 0 aromatic heterocycles. The van der Waals surface area contributed by atoms with Gasteiger partial charge in [-0.1, -0.05) is 128 Å². The minimum atomic E-state index is -2.82. The molecule has 1 unspecified atom stereocenters. The molecule has 356 valence electrons. The first-order valence-electron chi connectivity index (χ1n) is 23.3. The molecule has 3 aliphatic carbocycles. The van der Waals surface area contributed by atoms with Crippen LogP contribution in [0.5, 0.6) is 0 Å². The van der Waals surface area contributed by atoms with Gasteiger partial charge in [-0.25, -0.2) is 9.59 Å². The van der Waals surface area contributed by atoms with Gasteiger partial charge in [-0.15, -0.1) is 0 Å². The lowest BCUT2D eigenvalue weighted by molar-refractivity contribution is -0.356. The van der Waals surface area contributed by atoms with Crippen LogP contribution in [0, 0.1) is 28.6 Å². The number of nitrogens with one attached hydrogen (secondary N) is 1. The van der Waals surface area contributed by atoms with E-state index in [1.807, 2.05) is 91.0 Å². The van der Waals surface area contributed by atoms with Crippen molar-refractivity contribution in [1.82, 2.24) is 5.32 Å². The van der Waals surface area contributed by atoms with Crippen molar-refractivity contribution in [3.05, 3.63) is 119 Å². The highest BCUT2D eigenvalue weighted by Crippen LogP contribution is 2.67. The van der Waals surface area contributed by atoms with Gasteiger partial charge in [-0.3, -0.25) is 9.59 Å². The molecule has 12 atom stereocenters. The summed E-state index contributed by atoms with van der Waals surface area (Å²) >= 11 is 0. The Morgan fingerprint density at radius 1 is 0.864 bits per heavy atom. The van der Waals surface area contributed by atoms with E-state index in [1.54, 1.807) is 54.6 Å². The minimum absolute atomic E-state index is 0.0383. The zero-order valence-electron chi connectivity index (χ0n) is 40.5. The smallest absolute Gasteiger partial charge is 0.338 e. The summed E-state index contributed by atoms with van der Waals surface area (Å²) in [5.41, 5.74) is -3.19. The number of ether oxygens (including phenoxy) is 4. The van der Waals surface area contributed by atoms with Crippen LogP contribution in [0.2, 0.25) is 18.1 Å². The van der Waals surface area contributed by atoms with Gasteiger partial charge >= 0.3 is 17.9 Å². The van der Waals surface area contributed by atoms with Crippen molar-refractivity contribution in [1.29, 1.82) is 0 Å². The average Bonchev–Trinajstić information content (AvgIpc) is 3.26. The Labute approximate surface area is 390 Å². The van der Waals surface area contributed by atoms with Crippen molar-refractivity contribution in [3.63, 3.8) is 0 Å². The summed E-state index contributed by atoms with van der Waals surface area (Å²) in [6.45, 7) is 23.0. The quantitative estimate of drug-likeness (QED) is 0.0730. The van der Waals surface area contributed by atoms with Gasteiger partial charge in [0.25, 0.3) is 5.91 Å². The van der Waals surface area contributed by atoms with Crippen LogP contribution in [0.25, 0.3) is 0 Å². The number of rotatable bonds is 11.